The quantitative estimate of drug-likeness (QED) is 0.867. The summed E-state index contributed by atoms with van der Waals surface area (Å²) in [4.78, 5) is 12.8. The third kappa shape index (κ3) is 2.52. The molecule has 1 saturated heterocycles. The fourth-order valence-corrected chi connectivity index (χ4v) is 1.68. The lowest BCUT2D eigenvalue weighted by Gasteiger charge is -2.12. The van der Waals surface area contributed by atoms with E-state index in [1.165, 1.54) is 11.0 Å². The molecule has 6 heteroatoms. The third-order valence-corrected chi connectivity index (χ3v) is 2.57. The molecule has 1 fully saturated rings. The van der Waals surface area contributed by atoms with Gasteiger partial charge in [0.15, 0.2) is 11.6 Å². The lowest BCUT2D eigenvalue weighted by molar-refractivity contribution is 0.134. The summed E-state index contributed by atoms with van der Waals surface area (Å²) in [5, 5.41) is 0. The summed E-state index contributed by atoms with van der Waals surface area (Å²) < 4.78 is 30.6. The largest absolute Gasteiger partial charge is 0.443 e. The number of hydrogen-bond acceptors (Lipinski definition) is 3. The Labute approximate surface area is 97.0 Å². The number of nitrogens with zero attached hydrogens (tertiary/aromatic N) is 1. The summed E-state index contributed by atoms with van der Waals surface area (Å²) in [5.74, 6) is -1.83. The maximum absolute atomic E-state index is 13.0. The first-order chi connectivity index (χ1) is 8.10. The van der Waals surface area contributed by atoms with Crippen molar-refractivity contribution in [2.24, 2.45) is 5.73 Å². The Bertz CT molecular complexity index is 439. The SMILES string of the molecule is NCC1CN(Cc2ccc(F)c(F)c2)C(=O)O1. The van der Waals surface area contributed by atoms with Gasteiger partial charge in [-0.05, 0) is 17.7 Å². The van der Waals surface area contributed by atoms with Gasteiger partial charge in [-0.1, -0.05) is 6.07 Å². The van der Waals surface area contributed by atoms with Gasteiger partial charge in [-0.25, -0.2) is 13.6 Å². The molecule has 1 unspecified atom stereocenters. The van der Waals surface area contributed by atoms with Gasteiger partial charge in [-0.3, -0.25) is 0 Å². The van der Waals surface area contributed by atoms with Gasteiger partial charge in [0.2, 0.25) is 0 Å². The molecule has 1 aliphatic rings. The van der Waals surface area contributed by atoms with Gasteiger partial charge in [0.1, 0.15) is 6.10 Å². The van der Waals surface area contributed by atoms with Crippen molar-refractivity contribution in [2.75, 3.05) is 13.1 Å². The zero-order valence-electron chi connectivity index (χ0n) is 9.03. The first-order valence-electron chi connectivity index (χ1n) is 5.19. The lowest BCUT2D eigenvalue weighted by atomic mass is 10.2. The van der Waals surface area contributed by atoms with E-state index in [1.54, 1.807) is 0 Å². The average molecular weight is 242 g/mol. The highest BCUT2D eigenvalue weighted by molar-refractivity contribution is 5.69. The lowest BCUT2D eigenvalue weighted by Crippen LogP contribution is -2.27. The zero-order chi connectivity index (χ0) is 12.4. The molecule has 2 N–H and O–H groups in total. The van der Waals surface area contributed by atoms with Crippen LogP contribution in [0.25, 0.3) is 0 Å². The molecule has 0 spiro atoms. The number of nitrogens with two attached hydrogens (primary N) is 1. The van der Waals surface area contributed by atoms with Crippen molar-refractivity contribution in [3.63, 3.8) is 0 Å². The van der Waals surface area contributed by atoms with Gasteiger partial charge in [0.05, 0.1) is 6.54 Å². The Morgan fingerprint density at radius 1 is 1.41 bits per heavy atom. The molecule has 4 nitrogen and oxygen atoms in total. The third-order valence-electron chi connectivity index (χ3n) is 2.57. The first kappa shape index (κ1) is 11.8. The molecule has 92 valence electrons. The van der Waals surface area contributed by atoms with E-state index in [-0.39, 0.29) is 19.2 Å². The minimum absolute atomic E-state index is 0.187. The average Bonchev–Trinajstić information content (AvgIpc) is 2.65. The molecule has 2 rings (SSSR count). The minimum atomic E-state index is -0.926. The molecule has 1 amide bonds. The molecular weight excluding hydrogens is 230 g/mol. The second-order valence-corrected chi connectivity index (χ2v) is 3.87. The van der Waals surface area contributed by atoms with Crippen LogP contribution in [-0.4, -0.2) is 30.2 Å². The summed E-state index contributed by atoms with van der Waals surface area (Å²) in [6, 6.07) is 3.53. The van der Waals surface area contributed by atoms with Crippen molar-refractivity contribution in [1.82, 2.24) is 4.90 Å². The van der Waals surface area contributed by atoms with E-state index in [2.05, 4.69) is 0 Å². The number of hydrogen-bond donors (Lipinski definition) is 1. The van der Waals surface area contributed by atoms with E-state index in [0.717, 1.165) is 12.1 Å². The molecule has 1 aromatic carbocycles. The number of cyclic esters (lactones) is 1. The summed E-state index contributed by atoms with van der Waals surface area (Å²) in [6.45, 7) is 0.806. The van der Waals surface area contributed by atoms with Gasteiger partial charge < -0.3 is 15.4 Å². The number of halogens is 2. The maximum Gasteiger partial charge on any atom is 0.410 e. The van der Waals surface area contributed by atoms with Gasteiger partial charge >= 0.3 is 6.09 Å². The van der Waals surface area contributed by atoms with Crippen molar-refractivity contribution >= 4 is 6.09 Å². The highest BCUT2D eigenvalue weighted by Crippen LogP contribution is 2.16. The Hall–Kier alpha value is -1.69. The van der Waals surface area contributed by atoms with Crippen LogP contribution in [0.3, 0.4) is 0 Å². The number of benzene rings is 1. The van der Waals surface area contributed by atoms with Crippen molar-refractivity contribution < 1.29 is 18.3 Å². The number of ether oxygens (including phenoxy) is 1. The van der Waals surface area contributed by atoms with Crippen LogP contribution in [0.2, 0.25) is 0 Å². The van der Waals surface area contributed by atoms with Crippen LogP contribution in [0.15, 0.2) is 18.2 Å². The summed E-state index contributed by atoms with van der Waals surface area (Å²) >= 11 is 0. The van der Waals surface area contributed by atoms with E-state index in [9.17, 15) is 13.6 Å². The van der Waals surface area contributed by atoms with E-state index in [4.69, 9.17) is 10.5 Å². The first-order valence-corrected chi connectivity index (χ1v) is 5.19. The van der Waals surface area contributed by atoms with Crippen LogP contribution in [0, 0.1) is 11.6 Å². The molecule has 0 aromatic heterocycles. The molecule has 1 aromatic rings. The van der Waals surface area contributed by atoms with Gasteiger partial charge in [-0.2, -0.15) is 0 Å². The molecule has 0 saturated carbocycles. The normalized spacial score (nSPS) is 19.6. The van der Waals surface area contributed by atoms with E-state index < -0.39 is 17.7 Å². The van der Waals surface area contributed by atoms with Gasteiger partial charge in [0.25, 0.3) is 0 Å². The standard InChI is InChI=1S/C11H12F2N2O2/c12-9-2-1-7(3-10(9)13)5-15-6-8(4-14)17-11(15)16/h1-3,8H,4-6,14H2. The van der Waals surface area contributed by atoms with Crippen LogP contribution >= 0.6 is 0 Å². The number of carbonyl (C=O) groups excluding carboxylic acids is 1. The van der Waals surface area contributed by atoms with Crippen LogP contribution in [-0.2, 0) is 11.3 Å². The summed E-state index contributed by atoms with van der Waals surface area (Å²) in [5.41, 5.74) is 5.89. The molecule has 0 aliphatic carbocycles. The second kappa shape index (κ2) is 4.67. The van der Waals surface area contributed by atoms with Crippen LogP contribution in [0.1, 0.15) is 5.56 Å². The smallest absolute Gasteiger partial charge is 0.410 e. The fourth-order valence-electron chi connectivity index (χ4n) is 1.68. The Kier molecular flexibility index (Phi) is 3.23. The van der Waals surface area contributed by atoms with Crippen molar-refractivity contribution in [2.45, 2.75) is 12.6 Å². The minimum Gasteiger partial charge on any atom is -0.443 e. The van der Waals surface area contributed by atoms with E-state index in [1.807, 2.05) is 0 Å². The Morgan fingerprint density at radius 3 is 2.76 bits per heavy atom. The monoisotopic (exact) mass is 242 g/mol. The Balaban J connectivity index is 2.06. The van der Waals surface area contributed by atoms with E-state index >= 15 is 0 Å². The summed E-state index contributed by atoms with van der Waals surface area (Å²) in [6.07, 6.45) is -0.807. The van der Waals surface area contributed by atoms with E-state index in [0.29, 0.717) is 12.1 Å². The molecule has 0 bridgehead atoms. The van der Waals surface area contributed by atoms with Crippen LogP contribution in [0.4, 0.5) is 13.6 Å². The maximum atomic E-state index is 13.0. The number of amides is 1. The molecule has 17 heavy (non-hydrogen) atoms. The highest BCUT2D eigenvalue weighted by atomic mass is 19.2. The predicted molar refractivity (Wildman–Crippen MR) is 56.1 cm³/mol. The van der Waals surface area contributed by atoms with Crippen molar-refractivity contribution in [3.05, 3.63) is 35.4 Å². The topological polar surface area (TPSA) is 55.6 Å². The van der Waals surface area contributed by atoms with Crippen molar-refractivity contribution in [1.29, 1.82) is 0 Å². The van der Waals surface area contributed by atoms with Crippen molar-refractivity contribution in [3.8, 4) is 0 Å². The number of rotatable bonds is 3. The Morgan fingerprint density at radius 2 is 2.18 bits per heavy atom. The molecule has 1 heterocycles. The van der Waals surface area contributed by atoms with Gasteiger partial charge in [-0.15, -0.1) is 0 Å². The summed E-state index contributed by atoms with van der Waals surface area (Å²) in [7, 11) is 0. The second-order valence-electron chi connectivity index (χ2n) is 3.87. The molecular formula is C11H12F2N2O2. The molecule has 1 atom stereocenters. The zero-order valence-corrected chi connectivity index (χ0v) is 9.03. The number of carbonyl (C=O) groups is 1. The van der Waals surface area contributed by atoms with Gasteiger partial charge in [0, 0.05) is 13.1 Å². The highest BCUT2D eigenvalue weighted by Gasteiger charge is 2.30. The fraction of sp³-hybridized carbons (Fsp3) is 0.364. The molecule has 1 aliphatic heterocycles. The van der Waals surface area contributed by atoms with Crippen LogP contribution in [0.5, 0.6) is 0 Å². The molecule has 0 radical (unpaired) electrons. The predicted octanol–water partition coefficient (Wildman–Crippen LogP) is 1.24. The van der Waals surface area contributed by atoms with Crippen LogP contribution < -0.4 is 5.73 Å².